The van der Waals surface area contributed by atoms with Crippen molar-refractivity contribution in [2.75, 3.05) is 13.1 Å². The van der Waals surface area contributed by atoms with Gasteiger partial charge in [0.15, 0.2) is 6.23 Å². The number of esters is 1. The Balaban J connectivity index is 2.46. The van der Waals surface area contributed by atoms with Crippen molar-refractivity contribution in [2.24, 2.45) is 0 Å². The Morgan fingerprint density at radius 2 is 2.00 bits per heavy atom. The van der Waals surface area contributed by atoms with E-state index < -0.39 is 0 Å². The quantitative estimate of drug-likeness (QED) is 0.528. The van der Waals surface area contributed by atoms with E-state index in [1.807, 2.05) is 6.92 Å². The summed E-state index contributed by atoms with van der Waals surface area (Å²) in [6.07, 6.45) is 4.50. The highest BCUT2D eigenvalue weighted by molar-refractivity contribution is 5.87. The van der Waals surface area contributed by atoms with Crippen LogP contribution >= 0.6 is 0 Å². The normalized spacial score (nSPS) is 19.6. The van der Waals surface area contributed by atoms with Crippen LogP contribution in [0.15, 0.2) is 12.2 Å². The van der Waals surface area contributed by atoms with E-state index in [1.165, 1.54) is 19.3 Å². The van der Waals surface area contributed by atoms with E-state index >= 15 is 0 Å². The van der Waals surface area contributed by atoms with Crippen LogP contribution in [-0.4, -0.2) is 30.2 Å². The number of likely N-dealkylation sites (tertiary alicyclic amines) is 1. The number of ether oxygens (including phenoxy) is 1. The standard InChI is InChI=1S/C12H21NO2/c1-4-11(15-12(14)10(2)3)13-8-6-5-7-9-13/h11H,2,4-9H2,1,3H3. The number of carbonyl (C=O) groups is 1. The van der Waals surface area contributed by atoms with E-state index in [0.717, 1.165) is 19.5 Å². The second-order valence-electron chi connectivity index (χ2n) is 4.15. The molecule has 0 radical (unpaired) electrons. The van der Waals surface area contributed by atoms with Crippen molar-refractivity contribution in [1.29, 1.82) is 0 Å². The average Bonchev–Trinajstić information content (AvgIpc) is 2.26. The molecule has 1 fully saturated rings. The molecule has 1 heterocycles. The molecular formula is C12H21NO2. The van der Waals surface area contributed by atoms with Crippen LogP contribution in [0.3, 0.4) is 0 Å². The molecule has 0 bridgehead atoms. The monoisotopic (exact) mass is 211 g/mol. The summed E-state index contributed by atoms with van der Waals surface area (Å²) in [7, 11) is 0. The Morgan fingerprint density at radius 1 is 1.40 bits per heavy atom. The zero-order chi connectivity index (χ0) is 11.3. The predicted octanol–water partition coefficient (Wildman–Crippen LogP) is 2.33. The molecule has 3 heteroatoms. The zero-order valence-electron chi connectivity index (χ0n) is 9.79. The zero-order valence-corrected chi connectivity index (χ0v) is 9.79. The van der Waals surface area contributed by atoms with Crippen molar-refractivity contribution in [3.63, 3.8) is 0 Å². The van der Waals surface area contributed by atoms with Gasteiger partial charge >= 0.3 is 5.97 Å². The van der Waals surface area contributed by atoms with Crippen LogP contribution in [0.4, 0.5) is 0 Å². The second-order valence-corrected chi connectivity index (χ2v) is 4.15. The molecule has 86 valence electrons. The highest BCUT2D eigenvalue weighted by Gasteiger charge is 2.22. The minimum atomic E-state index is -0.271. The van der Waals surface area contributed by atoms with Gasteiger partial charge in [-0.15, -0.1) is 0 Å². The van der Waals surface area contributed by atoms with Crippen LogP contribution < -0.4 is 0 Å². The summed E-state index contributed by atoms with van der Waals surface area (Å²) in [5.41, 5.74) is 0.477. The molecule has 1 rings (SSSR count). The Kier molecular flexibility index (Phi) is 4.82. The molecule has 1 atom stereocenters. The summed E-state index contributed by atoms with van der Waals surface area (Å²) in [6, 6.07) is 0. The summed E-state index contributed by atoms with van der Waals surface area (Å²) in [5.74, 6) is -0.271. The Morgan fingerprint density at radius 3 is 2.47 bits per heavy atom. The Bertz CT molecular complexity index is 232. The number of nitrogens with zero attached hydrogens (tertiary/aromatic N) is 1. The van der Waals surface area contributed by atoms with E-state index in [1.54, 1.807) is 6.92 Å². The molecule has 1 saturated heterocycles. The van der Waals surface area contributed by atoms with Gasteiger partial charge in [-0.2, -0.15) is 0 Å². The molecule has 1 aliphatic heterocycles. The lowest BCUT2D eigenvalue weighted by molar-refractivity contribution is -0.155. The van der Waals surface area contributed by atoms with Crippen molar-refractivity contribution in [3.05, 3.63) is 12.2 Å². The number of carbonyl (C=O) groups excluding carboxylic acids is 1. The van der Waals surface area contributed by atoms with Gasteiger partial charge in [0.25, 0.3) is 0 Å². The predicted molar refractivity (Wildman–Crippen MR) is 60.4 cm³/mol. The summed E-state index contributed by atoms with van der Waals surface area (Å²) < 4.78 is 5.39. The van der Waals surface area contributed by atoms with Gasteiger partial charge in [-0.3, -0.25) is 4.90 Å². The van der Waals surface area contributed by atoms with Gasteiger partial charge in [0.2, 0.25) is 0 Å². The van der Waals surface area contributed by atoms with Crippen LogP contribution in [0.2, 0.25) is 0 Å². The third-order valence-electron chi connectivity index (χ3n) is 2.74. The molecule has 0 aromatic rings. The molecule has 3 nitrogen and oxygen atoms in total. The largest absolute Gasteiger partial charge is 0.443 e. The molecule has 0 saturated carbocycles. The van der Waals surface area contributed by atoms with E-state index in [0.29, 0.717) is 5.57 Å². The van der Waals surface area contributed by atoms with Crippen molar-refractivity contribution in [1.82, 2.24) is 4.90 Å². The van der Waals surface area contributed by atoms with Crippen LogP contribution in [-0.2, 0) is 9.53 Å². The molecule has 0 spiro atoms. The van der Waals surface area contributed by atoms with Gasteiger partial charge in [-0.25, -0.2) is 4.79 Å². The number of rotatable bonds is 4. The smallest absolute Gasteiger partial charge is 0.334 e. The minimum Gasteiger partial charge on any atom is -0.443 e. The second kappa shape index (κ2) is 5.91. The maximum absolute atomic E-state index is 11.4. The fraction of sp³-hybridized carbons (Fsp3) is 0.750. The third kappa shape index (κ3) is 3.67. The molecule has 1 unspecified atom stereocenters. The fourth-order valence-corrected chi connectivity index (χ4v) is 1.85. The molecular weight excluding hydrogens is 190 g/mol. The average molecular weight is 211 g/mol. The van der Waals surface area contributed by atoms with Gasteiger partial charge in [0.05, 0.1) is 0 Å². The van der Waals surface area contributed by atoms with E-state index in [-0.39, 0.29) is 12.2 Å². The maximum Gasteiger partial charge on any atom is 0.334 e. The van der Waals surface area contributed by atoms with E-state index in [9.17, 15) is 4.79 Å². The molecule has 0 N–H and O–H groups in total. The van der Waals surface area contributed by atoms with Crippen LogP contribution in [0.5, 0.6) is 0 Å². The topological polar surface area (TPSA) is 29.5 Å². The van der Waals surface area contributed by atoms with Gasteiger partial charge in [-0.05, 0) is 26.2 Å². The first-order chi connectivity index (χ1) is 7.15. The first kappa shape index (κ1) is 12.2. The van der Waals surface area contributed by atoms with Crippen molar-refractivity contribution >= 4 is 5.97 Å². The molecule has 15 heavy (non-hydrogen) atoms. The van der Waals surface area contributed by atoms with E-state index in [4.69, 9.17) is 4.74 Å². The lowest BCUT2D eigenvalue weighted by Crippen LogP contribution is -2.41. The van der Waals surface area contributed by atoms with Crippen LogP contribution in [0.1, 0.15) is 39.5 Å². The highest BCUT2D eigenvalue weighted by atomic mass is 16.6. The van der Waals surface area contributed by atoms with Crippen LogP contribution in [0, 0.1) is 0 Å². The van der Waals surface area contributed by atoms with Crippen molar-refractivity contribution in [2.45, 2.75) is 45.8 Å². The highest BCUT2D eigenvalue weighted by Crippen LogP contribution is 2.15. The molecule has 0 aromatic heterocycles. The lowest BCUT2D eigenvalue weighted by atomic mass is 10.1. The number of hydrogen-bond donors (Lipinski definition) is 0. The lowest BCUT2D eigenvalue weighted by Gasteiger charge is -2.33. The van der Waals surface area contributed by atoms with Gasteiger partial charge in [-0.1, -0.05) is 19.9 Å². The summed E-state index contributed by atoms with van der Waals surface area (Å²) in [6.45, 7) is 9.41. The van der Waals surface area contributed by atoms with Gasteiger partial charge in [0.1, 0.15) is 0 Å². The van der Waals surface area contributed by atoms with Crippen molar-refractivity contribution in [3.8, 4) is 0 Å². The summed E-state index contributed by atoms with van der Waals surface area (Å²) >= 11 is 0. The van der Waals surface area contributed by atoms with Crippen LogP contribution in [0.25, 0.3) is 0 Å². The van der Waals surface area contributed by atoms with Gasteiger partial charge < -0.3 is 4.74 Å². The number of hydrogen-bond acceptors (Lipinski definition) is 3. The molecule has 0 aromatic carbocycles. The summed E-state index contributed by atoms with van der Waals surface area (Å²) in [5, 5.41) is 0. The van der Waals surface area contributed by atoms with Crippen molar-refractivity contribution < 1.29 is 9.53 Å². The third-order valence-corrected chi connectivity index (χ3v) is 2.74. The SMILES string of the molecule is C=C(C)C(=O)OC(CC)N1CCCCC1. The molecule has 0 aliphatic carbocycles. The Labute approximate surface area is 92.1 Å². The Hall–Kier alpha value is -0.830. The first-order valence-electron chi connectivity index (χ1n) is 5.75. The maximum atomic E-state index is 11.4. The molecule has 1 aliphatic rings. The minimum absolute atomic E-state index is 0.0606. The summed E-state index contributed by atoms with van der Waals surface area (Å²) in [4.78, 5) is 13.7. The molecule has 0 amide bonds. The van der Waals surface area contributed by atoms with E-state index in [2.05, 4.69) is 11.5 Å². The fourth-order valence-electron chi connectivity index (χ4n) is 1.85. The number of piperidine rings is 1. The van der Waals surface area contributed by atoms with Gasteiger partial charge in [0, 0.05) is 18.7 Å². The first-order valence-corrected chi connectivity index (χ1v) is 5.75.